The normalized spacial score (nSPS) is 10.0. The molecule has 0 saturated carbocycles. The summed E-state index contributed by atoms with van der Waals surface area (Å²) in [7, 11) is 1.79. The molecule has 15 heavy (non-hydrogen) atoms. The molecule has 0 radical (unpaired) electrons. The fraction of sp³-hybridized carbons (Fsp3) is 0.375. The van der Waals surface area contributed by atoms with Crippen molar-refractivity contribution in [3.05, 3.63) is 22.2 Å². The summed E-state index contributed by atoms with van der Waals surface area (Å²) in [5.41, 5.74) is 10.6. The lowest BCUT2D eigenvalue weighted by Gasteiger charge is -2.16. The summed E-state index contributed by atoms with van der Waals surface area (Å²) in [6, 6.07) is 2.88. The van der Waals surface area contributed by atoms with Gasteiger partial charge in [-0.3, -0.25) is 10.1 Å². The SMILES string of the molecule is CN(CCN)c1ccc([N+](=O)[O-])c(N)n1. The van der Waals surface area contributed by atoms with Crippen LogP contribution < -0.4 is 16.4 Å². The van der Waals surface area contributed by atoms with Crippen LogP contribution in [0.15, 0.2) is 12.1 Å². The molecule has 0 aliphatic carbocycles. The van der Waals surface area contributed by atoms with Gasteiger partial charge in [0.15, 0.2) is 0 Å². The highest BCUT2D eigenvalue weighted by molar-refractivity contribution is 5.57. The third-order valence-corrected chi connectivity index (χ3v) is 1.94. The molecule has 0 amide bonds. The van der Waals surface area contributed by atoms with E-state index in [2.05, 4.69) is 4.98 Å². The summed E-state index contributed by atoms with van der Waals surface area (Å²) in [6.07, 6.45) is 0. The fourth-order valence-corrected chi connectivity index (χ4v) is 1.13. The number of anilines is 2. The summed E-state index contributed by atoms with van der Waals surface area (Å²) in [6.45, 7) is 1.10. The second-order valence-corrected chi connectivity index (χ2v) is 3.04. The van der Waals surface area contributed by atoms with Gasteiger partial charge in [-0.05, 0) is 6.07 Å². The Morgan fingerprint density at radius 1 is 1.60 bits per heavy atom. The number of nitro groups is 1. The predicted molar refractivity (Wildman–Crippen MR) is 57.6 cm³/mol. The van der Waals surface area contributed by atoms with E-state index < -0.39 is 4.92 Å². The summed E-state index contributed by atoms with van der Waals surface area (Å²) in [5, 5.41) is 10.5. The average Bonchev–Trinajstić information content (AvgIpc) is 2.17. The van der Waals surface area contributed by atoms with Crippen LogP contribution in [0.3, 0.4) is 0 Å². The zero-order valence-corrected chi connectivity index (χ0v) is 8.38. The molecule has 0 aliphatic heterocycles. The van der Waals surface area contributed by atoms with E-state index in [4.69, 9.17) is 11.5 Å². The van der Waals surface area contributed by atoms with Gasteiger partial charge >= 0.3 is 5.69 Å². The fourth-order valence-electron chi connectivity index (χ4n) is 1.13. The van der Waals surface area contributed by atoms with Gasteiger partial charge in [-0.15, -0.1) is 0 Å². The first-order valence-electron chi connectivity index (χ1n) is 4.38. The van der Waals surface area contributed by atoms with E-state index in [1.54, 1.807) is 18.0 Å². The Hall–Kier alpha value is -1.89. The molecule has 7 heteroatoms. The van der Waals surface area contributed by atoms with Gasteiger partial charge in [0.25, 0.3) is 0 Å². The molecule has 0 fully saturated rings. The Kier molecular flexibility index (Phi) is 3.40. The minimum absolute atomic E-state index is 0.0821. The topological polar surface area (TPSA) is 111 Å². The van der Waals surface area contributed by atoms with E-state index in [9.17, 15) is 10.1 Å². The molecule has 0 saturated heterocycles. The van der Waals surface area contributed by atoms with Crippen molar-refractivity contribution < 1.29 is 4.92 Å². The summed E-state index contributed by atoms with van der Waals surface area (Å²) < 4.78 is 0. The van der Waals surface area contributed by atoms with Gasteiger partial charge in [-0.2, -0.15) is 0 Å². The number of nitrogen functional groups attached to an aromatic ring is 1. The summed E-state index contributed by atoms with van der Waals surface area (Å²) in [5.74, 6) is 0.491. The van der Waals surface area contributed by atoms with E-state index in [0.29, 0.717) is 18.9 Å². The lowest BCUT2D eigenvalue weighted by atomic mass is 10.3. The Labute approximate surface area is 86.8 Å². The number of pyridine rings is 1. The van der Waals surface area contributed by atoms with Crippen LogP contribution in [0.4, 0.5) is 17.3 Å². The molecular weight excluding hydrogens is 198 g/mol. The largest absolute Gasteiger partial charge is 0.378 e. The molecule has 1 heterocycles. The monoisotopic (exact) mass is 211 g/mol. The van der Waals surface area contributed by atoms with Gasteiger partial charge < -0.3 is 16.4 Å². The molecule has 0 spiro atoms. The number of aromatic nitrogens is 1. The Morgan fingerprint density at radius 3 is 2.73 bits per heavy atom. The van der Waals surface area contributed by atoms with Crippen LogP contribution in [-0.4, -0.2) is 30.0 Å². The zero-order valence-electron chi connectivity index (χ0n) is 8.38. The van der Waals surface area contributed by atoms with Crippen LogP contribution in [-0.2, 0) is 0 Å². The molecule has 0 unspecified atom stereocenters. The number of nitrogens with two attached hydrogens (primary N) is 2. The van der Waals surface area contributed by atoms with Gasteiger partial charge in [-0.1, -0.05) is 0 Å². The number of likely N-dealkylation sites (N-methyl/N-ethyl adjacent to an activating group) is 1. The highest BCUT2D eigenvalue weighted by Crippen LogP contribution is 2.21. The Bertz CT molecular complexity index is 368. The third-order valence-electron chi connectivity index (χ3n) is 1.94. The van der Waals surface area contributed by atoms with Crippen molar-refractivity contribution in [3.8, 4) is 0 Å². The second-order valence-electron chi connectivity index (χ2n) is 3.04. The van der Waals surface area contributed by atoms with Gasteiger partial charge in [0.2, 0.25) is 5.82 Å². The van der Waals surface area contributed by atoms with E-state index >= 15 is 0 Å². The van der Waals surface area contributed by atoms with E-state index in [-0.39, 0.29) is 11.5 Å². The van der Waals surface area contributed by atoms with Crippen LogP contribution in [0.1, 0.15) is 0 Å². The predicted octanol–water partition coefficient (Wildman–Crippen LogP) is -0.0331. The van der Waals surface area contributed by atoms with Crippen molar-refractivity contribution in [1.29, 1.82) is 0 Å². The molecule has 1 aromatic rings. The molecule has 82 valence electrons. The maximum Gasteiger partial charge on any atom is 0.311 e. The van der Waals surface area contributed by atoms with Crippen molar-refractivity contribution in [2.45, 2.75) is 0 Å². The van der Waals surface area contributed by atoms with Crippen LogP contribution in [0.5, 0.6) is 0 Å². The average molecular weight is 211 g/mol. The van der Waals surface area contributed by atoms with Gasteiger partial charge in [0.05, 0.1) is 4.92 Å². The van der Waals surface area contributed by atoms with Crippen molar-refractivity contribution in [2.75, 3.05) is 30.8 Å². The standard InChI is InChI=1S/C8H13N5O2/c1-12(5-4-9)7-3-2-6(13(14)15)8(10)11-7/h2-3H,4-5,9H2,1H3,(H2,10,11). The molecule has 1 rings (SSSR count). The summed E-state index contributed by atoms with van der Waals surface area (Å²) >= 11 is 0. The Morgan fingerprint density at radius 2 is 2.27 bits per heavy atom. The highest BCUT2D eigenvalue weighted by atomic mass is 16.6. The lowest BCUT2D eigenvalue weighted by molar-refractivity contribution is -0.384. The van der Waals surface area contributed by atoms with Gasteiger partial charge in [0.1, 0.15) is 5.82 Å². The minimum Gasteiger partial charge on any atom is -0.378 e. The first-order valence-corrected chi connectivity index (χ1v) is 4.38. The molecule has 0 bridgehead atoms. The zero-order chi connectivity index (χ0) is 11.4. The van der Waals surface area contributed by atoms with Crippen LogP contribution >= 0.6 is 0 Å². The first-order chi connectivity index (χ1) is 7.06. The first kappa shape index (κ1) is 11.2. The Balaban J connectivity index is 2.96. The maximum absolute atomic E-state index is 10.5. The lowest BCUT2D eigenvalue weighted by Crippen LogP contribution is -2.25. The molecular formula is C8H13N5O2. The maximum atomic E-state index is 10.5. The van der Waals surface area contributed by atoms with Crippen LogP contribution in [0.25, 0.3) is 0 Å². The van der Waals surface area contributed by atoms with Crippen molar-refractivity contribution in [3.63, 3.8) is 0 Å². The van der Waals surface area contributed by atoms with Gasteiger partial charge in [-0.25, -0.2) is 4.98 Å². The highest BCUT2D eigenvalue weighted by Gasteiger charge is 2.13. The second kappa shape index (κ2) is 4.56. The van der Waals surface area contributed by atoms with Crippen molar-refractivity contribution >= 4 is 17.3 Å². The number of rotatable bonds is 4. The number of nitrogens with zero attached hydrogens (tertiary/aromatic N) is 3. The third kappa shape index (κ3) is 2.53. The molecule has 4 N–H and O–H groups in total. The van der Waals surface area contributed by atoms with Gasteiger partial charge in [0, 0.05) is 26.2 Å². The van der Waals surface area contributed by atoms with Crippen LogP contribution in [0, 0.1) is 10.1 Å². The summed E-state index contributed by atoms with van der Waals surface area (Å²) in [4.78, 5) is 15.6. The molecule has 0 aliphatic rings. The quantitative estimate of drug-likeness (QED) is 0.534. The van der Waals surface area contributed by atoms with Crippen LogP contribution in [0.2, 0.25) is 0 Å². The van der Waals surface area contributed by atoms with Crippen molar-refractivity contribution in [1.82, 2.24) is 4.98 Å². The molecule has 7 nitrogen and oxygen atoms in total. The van der Waals surface area contributed by atoms with Crippen molar-refractivity contribution in [2.24, 2.45) is 5.73 Å². The molecule has 0 atom stereocenters. The van der Waals surface area contributed by atoms with E-state index in [0.717, 1.165) is 0 Å². The minimum atomic E-state index is -0.560. The molecule has 1 aromatic heterocycles. The number of hydrogen-bond acceptors (Lipinski definition) is 6. The smallest absolute Gasteiger partial charge is 0.311 e. The number of hydrogen-bond donors (Lipinski definition) is 2. The van der Waals surface area contributed by atoms with E-state index in [1.807, 2.05) is 0 Å². The van der Waals surface area contributed by atoms with E-state index in [1.165, 1.54) is 6.07 Å². The molecule has 0 aromatic carbocycles.